The third-order valence-corrected chi connectivity index (χ3v) is 5.57. The van der Waals surface area contributed by atoms with Crippen molar-refractivity contribution in [1.82, 2.24) is 5.43 Å². The van der Waals surface area contributed by atoms with Gasteiger partial charge in [-0.05, 0) is 60.0 Å². The average Bonchev–Trinajstić information content (AvgIpc) is 2.93. The fraction of sp³-hybridized carbons (Fsp3) is 0.161. The van der Waals surface area contributed by atoms with Crippen LogP contribution in [-0.2, 0) is 19.4 Å². The van der Waals surface area contributed by atoms with Crippen LogP contribution in [0.4, 0.5) is 0 Å². The Hall–Kier alpha value is -4.38. The molecule has 0 saturated heterocycles. The molecule has 0 aliphatic rings. The standard InChI is InChI=1S/C31H30N2O3/c1-2-35-29-17-19-30(20-18-29)36-23-26-13-15-27(16-14-26)31(34)33-32-28(21-24-9-5-3-6-10-24)22-25-11-7-4-8-12-25/h3-20H,2,21-23H2,1H3,(H,33,34). The van der Waals surface area contributed by atoms with Gasteiger partial charge in [0.1, 0.15) is 18.1 Å². The summed E-state index contributed by atoms with van der Waals surface area (Å²) in [4.78, 5) is 12.8. The molecule has 4 aromatic carbocycles. The lowest BCUT2D eigenvalue weighted by molar-refractivity contribution is 0.0954. The Balaban J connectivity index is 1.36. The number of amides is 1. The molecular formula is C31H30N2O3. The molecule has 182 valence electrons. The summed E-state index contributed by atoms with van der Waals surface area (Å²) >= 11 is 0. The van der Waals surface area contributed by atoms with Gasteiger partial charge in [0.15, 0.2) is 0 Å². The molecule has 4 aromatic rings. The molecule has 4 rings (SSSR count). The lowest BCUT2D eigenvalue weighted by atomic mass is 10.0. The summed E-state index contributed by atoms with van der Waals surface area (Å²) in [7, 11) is 0. The van der Waals surface area contributed by atoms with Gasteiger partial charge in [-0.3, -0.25) is 4.79 Å². The second-order valence-corrected chi connectivity index (χ2v) is 8.33. The molecule has 0 saturated carbocycles. The normalized spacial score (nSPS) is 10.4. The highest BCUT2D eigenvalue weighted by Crippen LogP contribution is 2.19. The van der Waals surface area contributed by atoms with Crippen molar-refractivity contribution in [2.45, 2.75) is 26.4 Å². The largest absolute Gasteiger partial charge is 0.494 e. The molecule has 5 nitrogen and oxygen atoms in total. The summed E-state index contributed by atoms with van der Waals surface area (Å²) in [6.45, 7) is 2.99. The molecule has 1 N–H and O–H groups in total. The van der Waals surface area contributed by atoms with E-state index in [9.17, 15) is 4.79 Å². The number of benzene rings is 4. The molecule has 0 aliphatic carbocycles. The van der Waals surface area contributed by atoms with Crippen LogP contribution in [0.3, 0.4) is 0 Å². The predicted molar refractivity (Wildman–Crippen MR) is 144 cm³/mol. The molecular weight excluding hydrogens is 448 g/mol. The van der Waals surface area contributed by atoms with Crippen LogP contribution < -0.4 is 14.9 Å². The Kier molecular flexibility index (Phi) is 8.87. The Bertz CT molecular complexity index is 1210. The minimum Gasteiger partial charge on any atom is -0.494 e. The van der Waals surface area contributed by atoms with Gasteiger partial charge in [0, 0.05) is 24.1 Å². The first-order valence-electron chi connectivity index (χ1n) is 12.1. The number of hydrogen-bond acceptors (Lipinski definition) is 4. The number of hydrogen-bond donors (Lipinski definition) is 1. The van der Waals surface area contributed by atoms with Crippen LogP contribution in [-0.4, -0.2) is 18.2 Å². The number of nitrogens with one attached hydrogen (secondary N) is 1. The molecule has 5 heteroatoms. The molecule has 0 spiro atoms. The first-order chi connectivity index (χ1) is 17.7. The maximum Gasteiger partial charge on any atom is 0.271 e. The number of hydrazone groups is 1. The van der Waals surface area contributed by atoms with Crippen molar-refractivity contribution in [3.63, 3.8) is 0 Å². The Morgan fingerprint density at radius 1 is 0.667 bits per heavy atom. The van der Waals surface area contributed by atoms with Crippen molar-refractivity contribution < 1.29 is 14.3 Å². The first-order valence-corrected chi connectivity index (χ1v) is 12.1. The maximum atomic E-state index is 12.8. The smallest absolute Gasteiger partial charge is 0.271 e. The maximum absolute atomic E-state index is 12.8. The summed E-state index contributed by atoms with van der Waals surface area (Å²) in [5, 5.41) is 4.49. The van der Waals surface area contributed by atoms with E-state index in [1.165, 1.54) is 0 Å². The summed E-state index contributed by atoms with van der Waals surface area (Å²) < 4.78 is 11.3. The van der Waals surface area contributed by atoms with Crippen LogP contribution in [0.2, 0.25) is 0 Å². The molecule has 0 atom stereocenters. The minimum atomic E-state index is -0.243. The van der Waals surface area contributed by atoms with Crippen LogP contribution in [0.5, 0.6) is 11.5 Å². The van der Waals surface area contributed by atoms with Crippen molar-refractivity contribution in [2.24, 2.45) is 5.10 Å². The topological polar surface area (TPSA) is 59.9 Å². The zero-order valence-corrected chi connectivity index (χ0v) is 20.4. The third-order valence-electron chi connectivity index (χ3n) is 5.57. The molecule has 1 amide bonds. The fourth-order valence-corrected chi connectivity index (χ4v) is 3.72. The number of ether oxygens (including phenoxy) is 2. The lowest BCUT2D eigenvalue weighted by Crippen LogP contribution is -2.21. The van der Waals surface area contributed by atoms with Crippen LogP contribution >= 0.6 is 0 Å². The molecule has 0 heterocycles. The SMILES string of the molecule is CCOc1ccc(OCc2ccc(C(=O)NN=C(Cc3ccccc3)Cc3ccccc3)cc2)cc1. The number of rotatable bonds is 11. The molecule has 0 radical (unpaired) electrons. The van der Waals surface area contributed by atoms with Crippen LogP contribution in [0.25, 0.3) is 0 Å². The van der Waals surface area contributed by atoms with Gasteiger partial charge in [-0.2, -0.15) is 5.10 Å². The molecule has 0 aromatic heterocycles. The molecule has 36 heavy (non-hydrogen) atoms. The van der Waals surface area contributed by atoms with Gasteiger partial charge in [-0.25, -0.2) is 5.43 Å². The summed E-state index contributed by atoms with van der Waals surface area (Å²) in [6.07, 6.45) is 1.33. The van der Waals surface area contributed by atoms with E-state index in [0.717, 1.165) is 33.9 Å². The van der Waals surface area contributed by atoms with E-state index in [4.69, 9.17) is 9.47 Å². The van der Waals surface area contributed by atoms with Gasteiger partial charge in [0.05, 0.1) is 6.61 Å². The van der Waals surface area contributed by atoms with Gasteiger partial charge in [-0.15, -0.1) is 0 Å². The van der Waals surface area contributed by atoms with Crippen molar-refractivity contribution in [1.29, 1.82) is 0 Å². The second kappa shape index (κ2) is 12.9. The van der Waals surface area contributed by atoms with Gasteiger partial charge in [0.25, 0.3) is 5.91 Å². The van der Waals surface area contributed by atoms with Crippen LogP contribution in [0.15, 0.2) is 114 Å². The van der Waals surface area contributed by atoms with E-state index >= 15 is 0 Å². The number of carbonyl (C=O) groups excluding carboxylic acids is 1. The summed E-state index contributed by atoms with van der Waals surface area (Å²) in [6, 6.07) is 35.2. The summed E-state index contributed by atoms with van der Waals surface area (Å²) in [5.74, 6) is 1.34. The van der Waals surface area contributed by atoms with Gasteiger partial charge in [-0.1, -0.05) is 72.8 Å². The van der Waals surface area contributed by atoms with E-state index in [1.54, 1.807) is 12.1 Å². The zero-order chi connectivity index (χ0) is 25.0. The fourth-order valence-electron chi connectivity index (χ4n) is 3.72. The monoisotopic (exact) mass is 478 g/mol. The van der Waals surface area contributed by atoms with Gasteiger partial charge < -0.3 is 9.47 Å². The second-order valence-electron chi connectivity index (χ2n) is 8.33. The number of nitrogens with zero attached hydrogens (tertiary/aromatic N) is 1. The molecule has 0 unspecified atom stereocenters. The summed E-state index contributed by atoms with van der Waals surface area (Å²) in [5.41, 5.74) is 7.44. The number of carbonyl (C=O) groups is 1. The van der Waals surface area contributed by atoms with Crippen molar-refractivity contribution in [2.75, 3.05) is 6.61 Å². The van der Waals surface area contributed by atoms with Crippen LogP contribution in [0, 0.1) is 0 Å². The van der Waals surface area contributed by atoms with E-state index in [2.05, 4.69) is 34.8 Å². The Labute approximate surface area is 212 Å². The average molecular weight is 479 g/mol. The zero-order valence-electron chi connectivity index (χ0n) is 20.4. The van der Waals surface area contributed by atoms with E-state index in [0.29, 0.717) is 31.6 Å². The van der Waals surface area contributed by atoms with E-state index in [-0.39, 0.29) is 5.91 Å². The van der Waals surface area contributed by atoms with Crippen molar-refractivity contribution in [3.8, 4) is 11.5 Å². The highest BCUT2D eigenvalue weighted by atomic mass is 16.5. The molecule has 0 fully saturated rings. The first kappa shape index (κ1) is 24.7. The Morgan fingerprint density at radius 2 is 1.19 bits per heavy atom. The van der Waals surface area contributed by atoms with Crippen molar-refractivity contribution >= 4 is 11.6 Å². The van der Waals surface area contributed by atoms with Gasteiger partial charge in [0.2, 0.25) is 0 Å². The molecule has 0 bridgehead atoms. The third kappa shape index (κ3) is 7.57. The highest BCUT2D eigenvalue weighted by molar-refractivity contribution is 5.96. The Morgan fingerprint density at radius 3 is 1.72 bits per heavy atom. The van der Waals surface area contributed by atoms with Crippen molar-refractivity contribution in [3.05, 3.63) is 131 Å². The predicted octanol–water partition coefficient (Wildman–Crippen LogP) is 6.24. The quantitative estimate of drug-likeness (QED) is 0.205. The van der Waals surface area contributed by atoms with Crippen LogP contribution in [0.1, 0.15) is 34.0 Å². The van der Waals surface area contributed by atoms with Gasteiger partial charge >= 0.3 is 0 Å². The van der Waals surface area contributed by atoms with E-state index < -0.39 is 0 Å². The molecule has 0 aliphatic heterocycles. The minimum absolute atomic E-state index is 0.243. The van der Waals surface area contributed by atoms with E-state index in [1.807, 2.05) is 79.7 Å². The lowest BCUT2D eigenvalue weighted by Gasteiger charge is -2.09. The highest BCUT2D eigenvalue weighted by Gasteiger charge is 2.08.